The maximum absolute atomic E-state index is 12.4. The van der Waals surface area contributed by atoms with E-state index in [1.807, 2.05) is 0 Å². The minimum absolute atomic E-state index is 0.0667. The fourth-order valence-corrected chi connectivity index (χ4v) is 5.53. The molecule has 0 rings (SSSR count). The second kappa shape index (κ2) is 33.8. The molecule has 266 valence electrons. The van der Waals surface area contributed by atoms with Crippen LogP contribution in [0.2, 0.25) is 0 Å². The molecule has 2 atom stereocenters. The number of unbranched alkanes of at least 4 members (excludes halogenated alkanes) is 20. The standard InChI is InChI=1S/C39H74O6/c1-5-8-10-12-13-14-15-19-23-26-30-37(40)43-33-36(45-39(42)32-28-21-11-9-6-2)34-44-38(41)31-27-24-20-17-16-18-22-25-29-35(4)7-3/h35-36H,5-34H2,1-4H3/t35?,36-/m1/s1. The molecule has 0 aromatic carbocycles. The summed E-state index contributed by atoms with van der Waals surface area (Å²) in [6.07, 6.45) is 29.7. The van der Waals surface area contributed by atoms with Crippen LogP contribution in [0.1, 0.15) is 207 Å². The first-order valence-corrected chi connectivity index (χ1v) is 19.4. The van der Waals surface area contributed by atoms with Gasteiger partial charge in [0, 0.05) is 19.3 Å². The van der Waals surface area contributed by atoms with Crippen molar-refractivity contribution in [3.63, 3.8) is 0 Å². The Bertz CT molecular complexity index is 678. The van der Waals surface area contributed by atoms with Gasteiger partial charge >= 0.3 is 17.9 Å². The quantitative estimate of drug-likeness (QED) is 0.0396. The summed E-state index contributed by atoms with van der Waals surface area (Å²) in [5.41, 5.74) is 0. The van der Waals surface area contributed by atoms with E-state index < -0.39 is 6.10 Å². The van der Waals surface area contributed by atoms with Gasteiger partial charge in [-0.25, -0.2) is 0 Å². The lowest BCUT2D eigenvalue weighted by Gasteiger charge is -2.18. The highest BCUT2D eigenvalue weighted by molar-refractivity contribution is 5.71. The summed E-state index contributed by atoms with van der Waals surface area (Å²) < 4.78 is 16.5. The lowest BCUT2D eigenvalue weighted by molar-refractivity contribution is -0.167. The maximum atomic E-state index is 12.4. The third-order valence-electron chi connectivity index (χ3n) is 8.90. The van der Waals surface area contributed by atoms with Crippen LogP contribution in [0, 0.1) is 5.92 Å². The smallest absolute Gasteiger partial charge is 0.306 e. The van der Waals surface area contributed by atoms with Crippen LogP contribution in [0.3, 0.4) is 0 Å². The second-order valence-electron chi connectivity index (χ2n) is 13.5. The maximum Gasteiger partial charge on any atom is 0.306 e. The topological polar surface area (TPSA) is 78.9 Å². The van der Waals surface area contributed by atoms with Gasteiger partial charge < -0.3 is 14.2 Å². The number of carbonyl (C=O) groups is 3. The minimum atomic E-state index is -0.755. The van der Waals surface area contributed by atoms with Gasteiger partial charge in [0.25, 0.3) is 0 Å². The molecule has 6 heteroatoms. The van der Waals surface area contributed by atoms with Gasteiger partial charge in [-0.15, -0.1) is 0 Å². The first-order valence-electron chi connectivity index (χ1n) is 19.4. The Morgan fingerprint density at radius 1 is 0.444 bits per heavy atom. The molecule has 1 unspecified atom stereocenters. The SMILES string of the molecule is CCCCCCCCCCCCC(=O)OC[C@H](COC(=O)CCCCCCCCCCC(C)CC)OC(=O)CCCCCCC. The van der Waals surface area contributed by atoms with Crippen LogP contribution in [-0.4, -0.2) is 37.2 Å². The average Bonchev–Trinajstić information content (AvgIpc) is 3.03. The Morgan fingerprint density at radius 2 is 0.778 bits per heavy atom. The van der Waals surface area contributed by atoms with Crippen LogP contribution < -0.4 is 0 Å². The molecular weight excluding hydrogens is 564 g/mol. The first-order chi connectivity index (χ1) is 21.9. The minimum Gasteiger partial charge on any atom is -0.462 e. The number of rotatable bonds is 34. The molecule has 0 aliphatic rings. The second-order valence-corrected chi connectivity index (χ2v) is 13.5. The zero-order chi connectivity index (χ0) is 33.2. The molecule has 0 fully saturated rings. The van der Waals surface area contributed by atoms with E-state index in [0.29, 0.717) is 19.3 Å². The molecule has 0 N–H and O–H groups in total. The van der Waals surface area contributed by atoms with Crippen molar-refractivity contribution in [1.82, 2.24) is 0 Å². The summed E-state index contributed by atoms with van der Waals surface area (Å²) in [5.74, 6) is -0.0332. The highest BCUT2D eigenvalue weighted by atomic mass is 16.6. The van der Waals surface area contributed by atoms with E-state index in [0.717, 1.165) is 70.1 Å². The highest BCUT2D eigenvalue weighted by Gasteiger charge is 2.19. The molecule has 0 heterocycles. The van der Waals surface area contributed by atoms with Crippen LogP contribution in [0.4, 0.5) is 0 Å². The Morgan fingerprint density at radius 3 is 1.16 bits per heavy atom. The average molecular weight is 639 g/mol. The van der Waals surface area contributed by atoms with Crippen molar-refractivity contribution < 1.29 is 28.6 Å². The van der Waals surface area contributed by atoms with Crippen molar-refractivity contribution in [2.45, 2.75) is 214 Å². The normalized spacial score (nSPS) is 12.5. The van der Waals surface area contributed by atoms with Gasteiger partial charge in [-0.1, -0.05) is 169 Å². The Hall–Kier alpha value is -1.59. The molecule has 0 aromatic heterocycles. The number of ether oxygens (including phenoxy) is 3. The largest absolute Gasteiger partial charge is 0.462 e. The van der Waals surface area contributed by atoms with Crippen LogP contribution in [0.5, 0.6) is 0 Å². The molecular formula is C39H74O6. The van der Waals surface area contributed by atoms with Gasteiger partial charge in [0.2, 0.25) is 0 Å². The summed E-state index contributed by atoms with van der Waals surface area (Å²) >= 11 is 0. The lowest BCUT2D eigenvalue weighted by Crippen LogP contribution is -2.30. The predicted molar refractivity (Wildman–Crippen MR) is 187 cm³/mol. The zero-order valence-electron chi connectivity index (χ0n) is 30.3. The van der Waals surface area contributed by atoms with Crippen molar-refractivity contribution in [3.05, 3.63) is 0 Å². The molecule has 0 radical (unpaired) electrons. The van der Waals surface area contributed by atoms with E-state index in [1.54, 1.807) is 0 Å². The van der Waals surface area contributed by atoms with E-state index in [-0.39, 0.29) is 31.1 Å². The van der Waals surface area contributed by atoms with E-state index in [9.17, 15) is 14.4 Å². The Balaban J connectivity index is 4.24. The van der Waals surface area contributed by atoms with Crippen LogP contribution in [0.25, 0.3) is 0 Å². The van der Waals surface area contributed by atoms with Crippen molar-refractivity contribution in [3.8, 4) is 0 Å². The van der Waals surface area contributed by atoms with Gasteiger partial charge in [0.15, 0.2) is 6.10 Å². The summed E-state index contributed by atoms with van der Waals surface area (Å²) in [5, 5.41) is 0. The monoisotopic (exact) mass is 639 g/mol. The molecule has 0 aliphatic heterocycles. The molecule has 0 aliphatic carbocycles. The molecule has 6 nitrogen and oxygen atoms in total. The third-order valence-corrected chi connectivity index (χ3v) is 8.90. The number of hydrogen-bond acceptors (Lipinski definition) is 6. The van der Waals surface area contributed by atoms with Crippen LogP contribution in [-0.2, 0) is 28.6 Å². The summed E-state index contributed by atoms with van der Waals surface area (Å²) in [7, 11) is 0. The Labute approximate surface area is 278 Å². The van der Waals surface area contributed by atoms with E-state index >= 15 is 0 Å². The van der Waals surface area contributed by atoms with E-state index in [1.165, 1.54) is 96.3 Å². The van der Waals surface area contributed by atoms with Gasteiger partial charge in [0.1, 0.15) is 13.2 Å². The number of carbonyl (C=O) groups excluding carboxylic acids is 3. The van der Waals surface area contributed by atoms with Gasteiger partial charge in [-0.05, 0) is 25.2 Å². The predicted octanol–water partition coefficient (Wildman–Crippen LogP) is 11.6. The van der Waals surface area contributed by atoms with E-state index in [4.69, 9.17) is 14.2 Å². The highest BCUT2D eigenvalue weighted by Crippen LogP contribution is 2.16. The van der Waals surface area contributed by atoms with Crippen LogP contribution in [0.15, 0.2) is 0 Å². The number of hydrogen-bond donors (Lipinski definition) is 0. The molecule has 0 aromatic rings. The molecule has 0 saturated heterocycles. The molecule has 0 saturated carbocycles. The summed E-state index contributed by atoms with van der Waals surface area (Å²) in [4.78, 5) is 37.2. The number of esters is 3. The fourth-order valence-electron chi connectivity index (χ4n) is 5.53. The summed E-state index contributed by atoms with van der Waals surface area (Å²) in [6, 6.07) is 0. The molecule has 0 amide bonds. The van der Waals surface area contributed by atoms with Gasteiger partial charge in [0.05, 0.1) is 0 Å². The van der Waals surface area contributed by atoms with Crippen molar-refractivity contribution in [1.29, 1.82) is 0 Å². The zero-order valence-corrected chi connectivity index (χ0v) is 30.3. The van der Waals surface area contributed by atoms with Gasteiger partial charge in [-0.3, -0.25) is 14.4 Å². The van der Waals surface area contributed by atoms with Crippen molar-refractivity contribution in [2.75, 3.05) is 13.2 Å². The third kappa shape index (κ3) is 32.2. The van der Waals surface area contributed by atoms with Crippen molar-refractivity contribution in [2.24, 2.45) is 5.92 Å². The van der Waals surface area contributed by atoms with Gasteiger partial charge in [-0.2, -0.15) is 0 Å². The van der Waals surface area contributed by atoms with E-state index in [2.05, 4.69) is 27.7 Å². The lowest BCUT2D eigenvalue weighted by atomic mass is 9.99. The first kappa shape index (κ1) is 43.4. The fraction of sp³-hybridized carbons (Fsp3) is 0.923. The van der Waals surface area contributed by atoms with Crippen LogP contribution >= 0.6 is 0 Å². The molecule has 45 heavy (non-hydrogen) atoms. The molecule has 0 bridgehead atoms. The summed E-state index contributed by atoms with van der Waals surface area (Å²) in [6.45, 7) is 8.87. The molecule has 0 spiro atoms. The van der Waals surface area contributed by atoms with Crippen molar-refractivity contribution >= 4 is 17.9 Å². The Kier molecular flexibility index (Phi) is 32.6.